The molecule has 4 rings (SSSR count). The summed E-state index contributed by atoms with van der Waals surface area (Å²) in [6.07, 6.45) is 5.62. The summed E-state index contributed by atoms with van der Waals surface area (Å²) in [6.45, 7) is 11.2. The average Bonchev–Trinajstić information content (AvgIpc) is 3.37. The number of pyridine rings is 1. The first-order valence-corrected chi connectivity index (χ1v) is 12.4. The topological polar surface area (TPSA) is 71.8 Å². The zero-order chi connectivity index (χ0) is 25.7. The monoisotopic (exact) mass is 481 g/mol. The molecule has 6 heteroatoms. The van der Waals surface area contributed by atoms with Gasteiger partial charge in [-0.05, 0) is 56.9 Å². The third-order valence-corrected chi connectivity index (χ3v) is 6.29. The van der Waals surface area contributed by atoms with E-state index in [2.05, 4.69) is 79.6 Å². The number of amides is 1. The number of hydrogen-bond donors (Lipinski definition) is 2. The first-order chi connectivity index (χ1) is 17.2. The zero-order valence-electron chi connectivity index (χ0n) is 21.7. The van der Waals surface area contributed by atoms with Crippen LogP contribution in [0.1, 0.15) is 56.3 Å². The number of nitrogens with one attached hydrogen (secondary N) is 2. The third-order valence-electron chi connectivity index (χ3n) is 6.29. The fourth-order valence-corrected chi connectivity index (χ4v) is 3.99. The lowest BCUT2D eigenvalue weighted by molar-refractivity contribution is -0.118. The van der Waals surface area contributed by atoms with E-state index < -0.39 is 6.04 Å². The van der Waals surface area contributed by atoms with Crippen molar-refractivity contribution >= 4 is 11.7 Å². The van der Waals surface area contributed by atoms with Crippen molar-refractivity contribution in [3.05, 3.63) is 102 Å². The molecule has 0 unspecified atom stereocenters. The fourth-order valence-electron chi connectivity index (χ4n) is 3.99. The molecule has 0 aliphatic rings. The van der Waals surface area contributed by atoms with Crippen molar-refractivity contribution in [2.24, 2.45) is 0 Å². The van der Waals surface area contributed by atoms with E-state index in [1.54, 1.807) is 6.20 Å². The lowest BCUT2D eigenvalue weighted by Crippen LogP contribution is -2.35. The van der Waals surface area contributed by atoms with Crippen molar-refractivity contribution in [1.29, 1.82) is 0 Å². The highest BCUT2D eigenvalue weighted by Crippen LogP contribution is 2.23. The van der Waals surface area contributed by atoms with Gasteiger partial charge in [-0.2, -0.15) is 5.10 Å². The van der Waals surface area contributed by atoms with E-state index in [1.807, 2.05) is 59.5 Å². The Morgan fingerprint density at radius 1 is 0.917 bits per heavy atom. The number of benzene rings is 2. The Morgan fingerprint density at radius 3 is 2.25 bits per heavy atom. The van der Waals surface area contributed by atoms with Crippen molar-refractivity contribution in [2.45, 2.75) is 52.1 Å². The predicted octanol–water partition coefficient (Wildman–Crippen LogP) is 6.08. The van der Waals surface area contributed by atoms with Gasteiger partial charge < -0.3 is 10.6 Å². The Morgan fingerprint density at radius 2 is 1.64 bits per heavy atom. The van der Waals surface area contributed by atoms with E-state index >= 15 is 0 Å². The van der Waals surface area contributed by atoms with Gasteiger partial charge in [0.2, 0.25) is 5.91 Å². The van der Waals surface area contributed by atoms with Gasteiger partial charge in [0, 0.05) is 30.1 Å². The number of hydrogen-bond acceptors (Lipinski definition) is 4. The second-order valence-electron chi connectivity index (χ2n) is 10.3. The van der Waals surface area contributed by atoms with E-state index in [1.165, 1.54) is 11.1 Å². The summed E-state index contributed by atoms with van der Waals surface area (Å²) in [7, 11) is 0. The van der Waals surface area contributed by atoms with Gasteiger partial charge in [-0.3, -0.25) is 9.48 Å². The lowest BCUT2D eigenvalue weighted by atomic mass is 9.98. The van der Waals surface area contributed by atoms with Gasteiger partial charge in [-0.1, -0.05) is 67.1 Å². The first kappa shape index (κ1) is 25.3. The summed E-state index contributed by atoms with van der Waals surface area (Å²) in [5, 5.41) is 10.9. The third kappa shape index (κ3) is 6.26. The van der Waals surface area contributed by atoms with Crippen molar-refractivity contribution in [3.63, 3.8) is 0 Å². The van der Waals surface area contributed by atoms with Crippen LogP contribution in [0.4, 0.5) is 5.82 Å². The molecular weight excluding hydrogens is 446 g/mol. The molecule has 0 spiro atoms. The maximum atomic E-state index is 13.3. The van der Waals surface area contributed by atoms with Crippen molar-refractivity contribution < 1.29 is 4.79 Å². The molecule has 0 saturated carbocycles. The highest BCUT2D eigenvalue weighted by atomic mass is 16.2. The number of aryl methyl sites for hydroxylation is 1. The molecule has 0 saturated heterocycles. The molecular formula is C30H35N5O. The van der Waals surface area contributed by atoms with Gasteiger partial charge in [-0.25, -0.2) is 4.98 Å². The minimum absolute atomic E-state index is 0.0873. The van der Waals surface area contributed by atoms with Crippen LogP contribution < -0.4 is 10.6 Å². The predicted molar refractivity (Wildman–Crippen MR) is 146 cm³/mol. The van der Waals surface area contributed by atoms with E-state index in [-0.39, 0.29) is 17.4 Å². The SMILES string of the molecule is Cc1ccc([C@H](C)CN[C@@H](C(=O)Nc2ccc(-c3cnn(C(C)(C)C)c3)cn2)c2ccccc2)cc1. The highest BCUT2D eigenvalue weighted by Gasteiger charge is 2.22. The van der Waals surface area contributed by atoms with Gasteiger partial charge in [0.25, 0.3) is 0 Å². The Hall–Kier alpha value is -3.77. The number of nitrogens with zero attached hydrogens (tertiary/aromatic N) is 3. The Labute approximate surface area is 213 Å². The van der Waals surface area contributed by atoms with Crippen LogP contribution in [0, 0.1) is 6.92 Å². The van der Waals surface area contributed by atoms with E-state index in [4.69, 9.17) is 0 Å². The molecule has 0 radical (unpaired) electrons. The molecule has 4 aromatic rings. The molecule has 0 aliphatic heterocycles. The van der Waals surface area contributed by atoms with Crippen LogP contribution in [-0.2, 0) is 10.3 Å². The van der Waals surface area contributed by atoms with Gasteiger partial charge >= 0.3 is 0 Å². The minimum Gasteiger partial charge on any atom is -0.309 e. The van der Waals surface area contributed by atoms with Crippen LogP contribution in [0.3, 0.4) is 0 Å². The highest BCUT2D eigenvalue weighted by molar-refractivity contribution is 5.95. The van der Waals surface area contributed by atoms with E-state index in [9.17, 15) is 4.79 Å². The van der Waals surface area contributed by atoms with Gasteiger partial charge in [-0.15, -0.1) is 0 Å². The maximum absolute atomic E-state index is 13.3. The van der Waals surface area contributed by atoms with Crippen LogP contribution in [0.15, 0.2) is 85.3 Å². The molecule has 0 bridgehead atoms. The number of aromatic nitrogens is 3. The Bertz CT molecular complexity index is 1270. The quantitative estimate of drug-likeness (QED) is 0.320. The van der Waals surface area contributed by atoms with Gasteiger partial charge in [0.05, 0.1) is 11.7 Å². The van der Waals surface area contributed by atoms with Crippen molar-refractivity contribution in [3.8, 4) is 11.1 Å². The van der Waals surface area contributed by atoms with Gasteiger partial charge in [0.1, 0.15) is 11.9 Å². The molecule has 2 aromatic heterocycles. The smallest absolute Gasteiger partial charge is 0.247 e. The molecule has 2 aromatic carbocycles. The average molecular weight is 482 g/mol. The molecule has 2 atom stereocenters. The molecule has 0 aliphatic carbocycles. The summed E-state index contributed by atoms with van der Waals surface area (Å²) in [6, 6.07) is 21.6. The van der Waals surface area contributed by atoms with E-state index in [0.717, 1.165) is 16.7 Å². The molecule has 1 amide bonds. The summed E-state index contributed by atoms with van der Waals surface area (Å²) >= 11 is 0. The Kier molecular flexibility index (Phi) is 7.65. The molecule has 186 valence electrons. The second kappa shape index (κ2) is 10.9. The van der Waals surface area contributed by atoms with Crippen molar-refractivity contribution in [1.82, 2.24) is 20.1 Å². The second-order valence-corrected chi connectivity index (χ2v) is 10.3. The maximum Gasteiger partial charge on any atom is 0.247 e. The fraction of sp³-hybridized carbons (Fsp3) is 0.300. The molecule has 0 fully saturated rings. The van der Waals surface area contributed by atoms with Gasteiger partial charge in [0.15, 0.2) is 0 Å². The molecule has 36 heavy (non-hydrogen) atoms. The lowest BCUT2D eigenvalue weighted by Gasteiger charge is -2.21. The first-order valence-electron chi connectivity index (χ1n) is 12.4. The summed E-state index contributed by atoms with van der Waals surface area (Å²) in [4.78, 5) is 17.8. The molecule has 2 N–H and O–H groups in total. The summed E-state index contributed by atoms with van der Waals surface area (Å²) in [5.41, 5.74) is 5.25. The van der Waals surface area contributed by atoms with Crippen LogP contribution in [0.5, 0.6) is 0 Å². The van der Waals surface area contributed by atoms with Crippen LogP contribution in [0.2, 0.25) is 0 Å². The number of carbonyl (C=O) groups excluding carboxylic acids is 1. The zero-order valence-corrected chi connectivity index (χ0v) is 21.7. The van der Waals surface area contributed by atoms with Crippen molar-refractivity contribution in [2.75, 3.05) is 11.9 Å². The van der Waals surface area contributed by atoms with Crippen LogP contribution >= 0.6 is 0 Å². The summed E-state index contributed by atoms with van der Waals surface area (Å²) in [5.74, 6) is 0.635. The number of rotatable bonds is 8. The van der Waals surface area contributed by atoms with E-state index in [0.29, 0.717) is 12.4 Å². The standard InChI is InChI=1S/C30H35N5O/c1-21-11-13-23(14-12-21)22(2)17-32-28(24-9-7-6-8-10-24)29(36)34-27-16-15-25(18-31-27)26-19-33-35(20-26)30(3,4)5/h6-16,18-20,22,28,32H,17H2,1-5H3,(H,31,34,36)/t22-,28-/m1/s1. The minimum atomic E-state index is -0.495. The molecule has 2 heterocycles. The largest absolute Gasteiger partial charge is 0.309 e. The van der Waals surface area contributed by atoms with Crippen LogP contribution in [0.25, 0.3) is 11.1 Å². The normalized spacial score (nSPS) is 13.2. The summed E-state index contributed by atoms with van der Waals surface area (Å²) < 4.78 is 1.94. The Balaban J connectivity index is 1.46. The number of anilines is 1. The number of carbonyl (C=O) groups is 1. The van der Waals surface area contributed by atoms with Crippen LogP contribution in [-0.4, -0.2) is 27.2 Å². The molecule has 6 nitrogen and oxygen atoms in total.